The van der Waals surface area contributed by atoms with Crippen molar-refractivity contribution in [3.05, 3.63) is 89.9 Å². The van der Waals surface area contributed by atoms with Gasteiger partial charge in [0.1, 0.15) is 6.61 Å². The van der Waals surface area contributed by atoms with Crippen LogP contribution in [0.3, 0.4) is 0 Å². The maximum Gasteiger partial charge on any atom is 0.310 e. The molecule has 1 aromatic carbocycles. The van der Waals surface area contributed by atoms with Crippen molar-refractivity contribution in [3.63, 3.8) is 0 Å². The highest BCUT2D eigenvalue weighted by molar-refractivity contribution is 7.87. The van der Waals surface area contributed by atoms with Crippen molar-refractivity contribution in [2.24, 2.45) is 0 Å². The predicted octanol–water partition coefficient (Wildman–Crippen LogP) is 4.19. The molecular weight excluding hydrogens is 444 g/mol. The number of pyridine rings is 2. The summed E-state index contributed by atoms with van der Waals surface area (Å²) in [6, 6.07) is 18.6. The lowest BCUT2D eigenvalue weighted by molar-refractivity contribution is 0.294. The highest BCUT2D eigenvalue weighted by Crippen LogP contribution is 2.29. The molecule has 33 heavy (non-hydrogen) atoms. The van der Waals surface area contributed by atoms with Gasteiger partial charge in [0.05, 0.1) is 17.0 Å². The molecule has 172 valence electrons. The van der Waals surface area contributed by atoms with Crippen LogP contribution in [0.5, 0.6) is 11.8 Å². The summed E-state index contributed by atoms with van der Waals surface area (Å²) >= 11 is 0. The van der Waals surface area contributed by atoms with Crippen molar-refractivity contribution < 1.29 is 21.9 Å². The van der Waals surface area contributed by atoms with Crippen molar-refractivity contribution in [2.45, 2.75) is 20.0 Å². The third kappa shape index (κ3) is 6.37. The molecule has 0 aliphatic heterocycles. The number of ether oxygens (including phenoxy) is 1. The zero-order valence-corrected chi connectivity index (χ0v) is 18.9. The van der Waals surface area contributed by atoms with Crippen LogP contribution in [0.15, 0.2) is 77.6 Å². The molecule has 9 nitrogen and oxygen atoms in total. The number of hydrogen-bond donors (Lipinski definition) is 1. The minimum Gasteiger partial charge on any atom is -0.473 e. The first-order chi connectivity index (χ1) is 15.5. The number of rotatable bonds is 9. The number of hydrogen-bond acceptors (Lipinski definition) is 9. The molecule has 0 saturated carbocycles. The summed E-state index contributed by atoms with van der Waals surface area (Å²) in [6.45, 7) is 1.93. The van der Waals surface area contributed by atoms with Gasteiger partial charge in [0, 0.05) is 30.9 Å². The Morgan fingerprint density at radius 2 is 1.70 bits per heavy atom. The molecule has 10 heteroatoms. The second kappa shape index (κ2) is 10.7. The van der Waals surface area contributed by atoms with E-state index in [0.717, 1.165) is 11.1 Å². The van der Waals surface area contributed by atoms with Crippen LogP contribution < -0.4 is 15.1 Å². The van der Waals surface area contributed by atoms with Gasteiger partial charge in [-0.25, -0.2) is 9.97 Å². The quantitative estimate of drug-likeness (QED) is 0.358. The Balaban J connectivity index is 0.00000306. The van der Waals surface area contributed by atoms with Gasteiger partial charge in [0.25, 0.3) is 0 Å². The highest BCUT2D eigenvalue weighted by Gasteiger charge is 2.18. The van der Waals surface area contributed by atoms with E-state index in [1.165, 1.54) is 13.1 Å². The van der Waals surface area contributed by atoms with E-state index < -0.39 is 10.1 Å². The molecule has 0 radical (unpaired) electrons. The average Bonchev–Trinajstić information content (AvgIpc) is 3.28. The molecule has 0 aliphatic carbocycles. The van der Waals surface area contributed by atoms with E-state index >= 15 is 0 Å². The van der Waals surface area contributed by atoms with E-state index in [1.807, 2.05) is 42.5 Å². The first-order valence-electron chi connectivity index (χ1n) is 9.97. The van der Waals surface area contributed by atoms with Crippen LogP contribution in [0, 0.1) is 0 Å². The summed E-state index contributed by atoms with van der Waals surface area (Å²) in [4.78, 5) is 8.16. The molecule has 0 atom stereocenters. The van der Waals surface area contributed by atoms with Gasteiger partial charge >= 0.3 is 10.1 Å². The Hall–Kier alpha value is -3.76. The van der Waals surface area contributed by atoms with Gasteiger partial charge in [-0.05, 0) is 36.2 Å². The average molecular weight is 469 g/mol. The minimum atomic E-state index is -3.71. The topological polar surface area (TPSA) is 139 Å². The SMILES string of the molecule is CCS(=O)(=O)Oc1ncccc1-c1cc(Cc2ccc(COc3ccccn3)cc2)no1.N. The Labute approximate surface area is 192 Å². The van der Waals surface area contributed by atoms with Crippen LogP contribution in [0.4, 0.5) is 0 Å². The monoisotopic (exact) mass is 468 g/mol. The van der Waals surface area contributed by atoms with Crippen molar-refractivity contribution in [3.8, 4) is 23.1 Å². The van der Waals surface area contributed by atoms with Gasteiger partial charge in [-0.2, -0.15) is 8.42 Å². The molecule has 4 aromatic rings. The normalized spacial score (nSPS) is 10.9. The van der Waals surface area contributed by atoms with E-state index in [4.69, 9.17) is 13.4 Å². The maximum atomic E-state index is 11.8. The van der Waals surface area contributed by atoms with E-state index in [0.29, 0.717) is 35.9 Å². The van der Waals surface area contributed by atoms with Gasteiger partial charge in [-0.3, -0.25) is 0 Å². The van der Waals surface area contributed by atoms with Crippen molar-refractivity contribution >= 4 is 10.1 Å². The van der Waals surface area contributed by atoms with Crippen molar-refractivity contribution in [1.82, 2.24) is 21.3 Å². The molecule has 3 heterocycles. The van der Waals surface area contributed by atoms with E-state index in [-0.39, 0.29) is 17.8 Å². The van der Waals surface area contributed by atoms with Crippen LogP contribution in [0.25, 0.3) is 11.3 Å². The molecule has 4 rings (SSSR count). The summed E-state index contributed by atoms with van der Waals surface area (Å²) in [5.41, 5.74) is 3.19. The Morgan fingerprint density at radius 3 is 2.42 bits per heavy atom. The van der Waals surface area contributed by atoms with E-state index in [2.05, 4.69) is 15.1 Å². The summed E-state index contributed by atoms with van der Waals surface area (Å²) in [7, 11) is -3.71. The third-order valence-electron chi connectivity index (χ3n) is 4.59. The third-order valence-corrected chi connectivity index (χ3v) is 5.71. The van der Waals surface area contributed by atoms with E-state index in [1.54, 1.807) is 24.4 Å². The van der Waals surface area contributed by atoms with Crippen LogP contribution in [-0.2, 0) is 23.1 Å². The number of nitrogens with zero attached hydrogens (tertiary/aromatic N) is 3. The lowest BCUT2D eigenvalue weighted by Crippen LogP contribution is -2.12. The first-order valence-corrected chi connectivity index (χ1v) is 11.5. The Kier molecular flexibility index (Phi) is 7.75. The zero-order chi connectivity index (χ0) is 22.4. The van der Waals surface area contributed by atoms with Gasteiger partial charge in [0.15, 0.2) is 5.76 Å². The molecule has 0 amide bonds. The van der Waals surface area contributed by atoms with Crippen molar-refractivity contribution in [1.29, 1.82) is 0 Å². The number of aromatic nitrogens is 3. The molecule has 0 unspecified atom stereocenters. The highest BCUT2D eigenvalue weighted by atomic mass is 32.2. The molecule has 0 spiro atoms. The largest absolute Gasteiger partial charge is 0.473 e. The zero-order valence-electron chi connectivity index (χ0n) is 18.0. The Bertz CT molecular complexity index is 1280. The van der Waals surface area contributed by atoms with Gasteiger partial charge in [-0.1, -0.05) is 35.5 Å². The van der Waals surface area contributed by atoms with Crippen molar-refractivity contribution in [2.75, 3.05) is 5.75 Å². The molecule has 0 saturated heterocycles. The summed E-state index contributed by atoms with van der Waals surface area (Å²) < 4.78 is 39.8. The summed E-state index contributed by atoms with van der Waals surface area (Å²) in [6.07, 6.45) is 3.70. The molecular formula is C23H24N4O5S. The molecule has 0 fully saturated rings. The van der Waals surface area contributed by atoms with Crippen LogP contribution in [0.1, 0.15) is 23.7 Å². The fraction of sp³-hybridized carbons (Fsp3) is 0.174. The standard InChI is InChI=1S/C23H21N3O5S.H3N/c1-2-32(27,28)31-23-20(6-5-13-25-23)21-15-19(26-30-21)14-17-8-10-18(11-9-17)16-29-22-7-3-4-12-24-22;/h3-13,15H,2,14,16H2,1H3;1H3. The van der Waals surface area contributed by atoms with Crippen LogP contribution in [-0.4, -0.2) is 29.3 Å². The lowest BCUT2D eigenvalue weighted by atomic mass is 10.1. The fourth-order valence-electron chi connectivity index (χ4n) is 2.90. The molecule has 3 aromatic heterocycles. The van der Waals surface area contributed by atoms with Crippen LogP contribution in [0.2, 0.25) is 0 Å². The predicted molar refractivity (Wildman–Crippen MR) is 123 cm³/mol. The van der Waals surface area contributed by atoms with Gasteiger partial charge in [-0.15, -0.1) is 0 Å². The molecule has 0 bridgehead atoms. The Morgan fingerprint density at radius 1 is 0.939 bits per heavy atom. The number of benzene rings is 1. The fourth-order valence-corrected chi connectivity index (χ4v) is 3.39. The minimum absolute atomic E-state index is 0. The van der Waals surface area contributed by atoms with Gasteiger partial charge < -0.3 is 19.6 Å². The second-order valence-electron chi connectivity index (χ2n) is 6.92. The first kappa shape index (κ1) is 23.9. The smallest absolute Gasteiger partial charge is 0.310 e. The molecule has 0 aliphatic rings. The summed E-state index contributed by atoms with van der Waals surface area (Å²) in [5, 5.41) is 4.10. The van der Waals surface area contributed by atoms with Gasteiger partial charge in [0.2, 0.25) is 11.8 Å². The summed E-state index contributed by atoms with van der Waals surface area (Å²) in [5.74, 6) is 0.773. The molecule has 3 N–H and O–H groups in total. The van der Waals surface area contributed by atoms with E-state index in [9.17, 15) is 8.42 Å². The lowest BCUT2D eigenvalue weighted by Gasteiger charge is -2.06. The van der Waals surface area contributed by atoms with Crippen LogP contribution >= 0.6 is 0 Å². The maximum absolute atomic E-state index is 11.8. The second-order valence-corrected chi connectivity index (χ2v) is 8.78.